The largest absolute Gasteiger partial charge is 2.00 e. The van der Waals surface area contributed by atoms with Gasteiger partial charge in [-0.25, -0.2) is 0 Å². The third-order valence-corrected chi connectivity index (χ3v) is 0. The Bertz CT molecular complexity index is 131. The molecule has 4 nitrogen and oxygen atoms in total. The summed E-state index contributed by atoms with van der Waals surface area (Å²) in [5.41, 5.74) is -7.44. The zero-order valence-electron chi connectivity index (χ0n) is 5.39. The van der Waals surface area contributed by atoms with Crippen LogP contribution >= 0.6 is 11.4 Å². The summed E-state index contributed by atoms with van der Waals surface area (Å²) >= 11 is 14.6. The van der Waals surface area contributed by atoms with Crippen LogP contribution in [0, 0.1) is 0 Å². The van der Waals surface area contributed by atoms with E-state index in [0.29, 0.717) is 0 Å². The van der Waals surface area contributed by atoms with Crippen LogP contribution in [0.4, 0.5) is 0 Å². The first kappa shape index (κ1) is 29.7. The molecule has 0 aromatic carbocycles. The van der Waals surface area contributed by atoms with Gasteiger partial charge in [-0.15, -0.1) is 0 Å². The van der Waals surface area contributed by atoms with Crippen LogP contribution in [-0.2, 0) is 88.6 Å². The molecule has 0 fully saturated rings. The molecule has 0 saturated heterocycles. The molecule has 0 rings (SSSR count). The molecule has 0 spiro atoms. The van der Waals surface area contributed by atoms with Crippen LogP contribution in [0.1, 0.15) is 0 Å². The van der Waals surface area contributed by atoms with E-state index in [1.165, 1.54) is 0 Å². The van der Waals surface area contributed by atoms with E-state index >= 15 is 0 Å². The molecule has 0 heterocycles. The molecule has 0 bridgehead atoms. The SMILES string of the molecule is [O-]P([O-])(=S)[S-].[O-]P([O-])(=S)[S-].[S+2].[S+2].[S+2]. The Morgan fingerprint density at radius 3 is 0.692 bits per heavy atom. The van der Waals surface area contributed by atoms with Crippen molar-refractivity contribution in [1.29, 1.82) is 0 Å². The lowest BCUT2D eigenvalue weighted by Crippen LogP contribution is -2.09. The van der Waals surface area contributed by atoms with Crippen LogP contribution in [0.25, 0.3) is 0 Å². The van der Waals surface area contributed by atoms with Crippen LogP contribution < -0.4 is 19.6 Å². The molecule has 0 N–H and O–H groups in total. The summed E-state index contributed by atoms with van der Waals surface area (Å²) in [6.07, 6.45) is 0. The van der Waals surface area contributed by atoms with Gasteiger partial charge in [0.25, 0.3) is 0 Å². The lowest BCUT2D eigenvalue weighted by atomic mass is 15.9. The summed E-state index contributed by atoms with van der Waals surface area (Å²) < 4.78 is 0. The first-order valence-electron chi connectivity index (χ1n) is 1.46. The molecule has 13 heavy (non-hydrogen) atoms. The van der Waals surface area contributed by atoms with Crippen LogP contribution in [-0.4, -0.2) is 0 Å². The number of hydrogen-bond acceptors (Lipinski definition) is 8. The van der Waals surface area contributed by atoms with Gasteiger partial charge in [-0.1, -0.05) is 0 Å². The molecular weight excluding hydrogens is 350 g/mol. The van der Waals surface area contributed by atoms with E-state index in [1.807, 2.05) is 0 Å². The quantitative estimate of drug-likeness (QED) is 0.336. The van der Waals surface area contributed by atoms with Crippen molar-refractivity contribution in [1.82, 2.24) is 0 Å². The van der Waals surface area contributed by atoms with Gasteiger partial charge in [0.05, 0.1) is 0 Å². The minimum absolute atomic E-state index is 0. The molecular formula is O4P2S7. The fourth-order valence-corrected chi connectivity index (χ4v) is 0. The van der Waals surface area contributed by atoms with Gasteiger partial charge in [-0.2, -0.15) is 23.6 Å². The molecule has 0 unspecified atom stereocenters. The van der Waals surface area contributed by atoms with Gasteiger partial charge in [0, 0.05) is 0 Å². The summed E-state index contributed by atoms with van der Waals surface area (Å²) in [5, 5.41) is 0. The van der Waals surface area contributed by atoms with Crippen LogP contribution in [0.2, 0.25) is 0 Å². The van der Waals surface area contributed by atoms with E-state index in [0.717, 1.165) is 0 Å². The van der Waals surface area contributed by atoms with Crippen molar-refractivity contribution in [3.8, 4) is 0 Å². The Hall–Kier alpha value is 2.89. The van der Waals surface area contributed by atoms with Crippen molar-refractivity contribution in [2.24, 2.45) is 0 Å². The normalized spacial score (nSPS) is 9.08. The minimum Gasteiger partial charge on any atom is -0.850 e. The Morgan fingerprint density at radius 1 is 0.692 bits per heavy atom. The fraction of sp³-hybridized carbons (Fsp3) is 0. The zero-order valence-corrected chi connectivity index (χ0v) is 12.9. The average molecular weight is 350 g/mol. The molecule has 76 valence electrons. The van der Waals surface area contributed by atoms with E-state index in [-0.39, 0.29) is 40.5 Å². The van der Waals surface area contributed by atoms with Crippen LogP contribution in [0.3, 0.4) is 0 Å². The maximum Gasteiger partial charge on any atom is 2.00 e. The van der Waals surface area contributed by atoms with Crippen LogP contribution in [0.15, 0.2) is 0 Å². The molecule has 0 aromatic rings. The van der Waals surface area contributed by atoms with Crippen molar-refractivity contribution in [3.05, 3.63) is 0 Å². The molecule has 12 radical (unpaired) electrons. The third-order valence-electron chi connectivity index (χ3n) is 0. The predicted octanol–water partition coefficient (Wildman–Crippen LogP) is -3.05. The first-order chi connectivity index (χ1) is 4.00. The van der Waals surface area contributed by atoms with Gasteiger partial charge >= 0.3 is 40.5 Å². The highest BCUT2D eigenvalue weighted by atomic mass is 32.9. The summed E-state index contributed by atoms with van der Waals surface area (Å²) in [4.78, 5) is 37.2. The Morgan fingerprint density at radius 2 is 0.692 bits per heavy atom. The summed E-state index contributed by atoms with van der Waals surface area (Å²) in [6, 6.07) is 0. The van der Waals surface area contributed by atoms with E-state index < -0.39 is 11.4 Å². The van der Waals surface area contributed by atoms with Gasteiger partial charge in [0.1, 0.15) is 0 Å². The third kappa shape index (κ3) is 296. The lowest BCUT2D eigenvalue weighted by Gasteiger charge is -2.44. The fourth-order valence-electron chi connectivity index (χ4n) is 0. The monoisotopic (exact) mass is 350 g/mol. The minimum atomic E-state index is -3.72. The number of rotatable bonds is 0. The van der Waals surface area contributed by atoms with E-state index in [4.69, 9.17) is 0 Å². The lowest BCUT2D eigenvalue weighted by molar-refractivity contribution is -0.286. The van der Waals surface area contributed by atoms with Crippen molar-refractivity contribution in [3.63, 3.8) is 0 Å². The van der Waals surface area contributed by atoms with Crippen molar-refractivity contribution in [2.75, 3.05) is 0 Å². The second-order valence-electron chi connectivity index (χ2n) is 0.894. The van der Waals surface area contributed by atoms with Gasteiger partial charge in [-0.3, -0.25) is 0 Å². The molecule has 0 amide bonds. The predicted molar refractivity (Wildman–Crippen MR) is 65.4 cm³/mol. The topological polar surface area (TPSA) is 92.2 Å². The van der Waals surface area contributed by atoms with Gasteiger partial charge < -0.3 is 55.5 Å². The highest BCUT2D eigenvalue weighted by Gasteiger charge is 2.00. The standard InChI is InChI=1S/2H3O2PS2.3S/c2*1-3(2,4)5;;;/h2*(H3,1,2,4,5);;;/q;;3*+2/p-6. The summed E-state index contributed by atoms with van der Waals surface area (Å²) in [6.45, 7) is 0. The highest BCUT2D eigenvalue weighted by Crippen LogP contribution is 2.16. The maximum absolute atomic E-state index is 9.29. The Labute approximate surface area is 119 Å². The van der Waals surface area contributed by atoms with E-state index in [9.17, 15) is 19.6 Å². The zero-order chi connectivity index (χ0) is 9.00. The molecule has 0 aliphatic rings. The Kier molecular flexibility index (Phi) is 29.6. The summed E-state index contributed by atoms with van der Waals surface area (Å²) in [7, 11) is 0. The van der Waals surface area contributed by atoms with Gasteiger partial charge in [0.15, 0.2) is 0 Å². The number of hydrogen-bond donors (Lipinski definition) is 0. The van der Waals surface area contributed by atoms with Gasteiger partial charge in [0.2, 0.25) is 0 Å². The van der Waals surface area contributed by atoms with Crippen molar-refractivity contribution < 1.29 is 19.6 Å². The average Bonchev–Trinajstić information content (AvgIpc) is 1.12. The summed E-state index contributed by atoms with van der Waals surface area (Å²) in [5.74, 6) is 0. The maximum atomic E-state index is 9.29. The molecule has 0 atom stereocenters. The molecule has 0 saturated carbocycles. The molecule has 0 aliphatic heterocycles. The highest BCUT2D eigenvalue weighted by molar-refractivity contribution is 8.49. The van der Waals surface area contributed by atoms with Crippen molar-refractivity contribution in [2.45, 2.75) is 0 Å². The van der Waals surface area contributed by atoms with Gasteiger partial charge in [-0.05, 0) is 0 Å². The first-order valence-corrected chi connectivity index (χ1v) is 8.76. The smallest absolute Gasteiger partial charge is 0.850 e. The van der Waals surface area contributed by atoms with Crippen LogP contribution in [0.5, 0.6) is 0 Å². The Balaban J connectivity index is -0.0000000267. The van der Waals surface area contributed by atoms with Crippen molar-refractivity contribution >= 4 is 100.0 Å². The second-order valence-corrected chi connectivity index (χ2v) is 9.84. The second kappa shape index (κ2) is 13.0. The van der Waals surface area contributed by atoms with E-state index in [1.54, 1.807) is 0 Å². The molecule has 0 aromatic heterocycles. The molecule has 13 heteroatoms. The van der Waals surface area contributed by atoms with E-state index in [2.05, 4.69) is 48.1 Å². The molecule has 0 aliphatic carbocycles.